The third-order valence-electron chi connectivity index (χ3n) is 2.13. The number of rotatable bonds is 1. The van der Waals surface area contributed by atoms with Gasteiger partial charge < -0.3 is 0 Å². The molecular weight excluding hydrogens is 180 g/mol. The number of ketones is 1. The van der Waals surface area contributed by atoms with E-state index in [1.54, 1.807) is 18.3 Å². The van der Waals surface area contributed by atoms with Crippen molar-refractivity contribution >= 4 is 27.2 Å². The Morgan fingerprint density at radius 2 is 2.15 bits per heavy atom. The van der Waals surface area contributed by atoms with Crippen LogP contribution in [-0.2, 0) is 0 Å². The van der Waals surface area contributed by atoms with Gasteiger partial charge in [-0.15, -0.1) is 11.3 Å². The van der Waals surface area contributed by atoms with Crippen LogP contribution in [0.4, 0.5) is 0 Å². The summed E-state index contributed by atoms with van der Waals surface area (Å²) in [5.41, 5.74) is 1.24. The van der Waals surface area contributed by atoms with Crippen LogP contribution in [0.5, 0.6) is 0 Å². The van der Waals surface area contributed by atoms with E-state index < -0.39 is 0 Å². The maximum atomic E-state index is 11.1. The zero-order valence-corrected chi connectivity index (χ0v) is 8.44. The average molecular weight is 190 g/mol. The maximum Gasteiger partial charge on any atom is 0.169 e. The van der Waals surface area contributed by atoms with E-state index in [1.165, 1.54) is 15.6 Å². The SMILES string of the molecule is CC(=O)c1cc2c(C)cccc2s1. The molecule has 13 heavy (non-hydrogen) atoms. The first-order chi connectivity index (χ1) is 6.18. The van der Waals surface area contributed by atoms with Crippen molar-refractivity contribution in [2.75, 3.05) is 0 Å². The summed E-state index contributed by atoms with van der Waals surface area (Å²) in [6, 6.07) is 8.13. The van der Waals surface area contributed by atoms with Crippen molar-refractivity contribution in [1.82, 2.24) is 0 Å². The van der Waals surface area contributed by atoms with Crippen molar-refractivity contribution in [3.05, 3.63) is 34.7 Å². The van der Waals surface area contributed by atoms with Gasteiger partial charge in [0.15, 0.2) is 5.78 Å². The molecule has 1 aromatic carbocycles. The first kappa shape index (κ1) is 8.45. The van der Waals surface area contributed by atoms with E-state index in [-0.39, 0.29) is 5.78 Å². The van der Waals surface area contributed by atoms with E-state index in [0.717, 1.165) is 4.88 Å². The van der Waals surface area contributed by atoms with E-state index in [0.29, 0.717) is 0 Å². The summed E-state index contributed by atoms with van der Waals surface area (Å²) in [6.45, 7) is 3.68. The van der Waals surface area contributed by atoms with Crippen LogP contribution in [0, 0.1) is 6.92 Å². The van der Waals surface area contributed by atoms with E-state index in [4.69, 9.17) is 0 Å². The summed E-state index contributed by atoms with van der Waals surface area (Å²) in [7, 11) is 0. The molecular formula is C11H10OS. The number of aryl methyl sites for hydroxylation is 1. The van der Waals surface area contributed by atoms with E-state index in [2.05, 4.69) is 19.1 Å². The summed E-state index contributed by atoms with van der Waals surface area (Å²) in [4.78, 5) is 12.0. The summed E-state index contributed by atoms with van der Waals surface area (Å²) in [6.07, 6.45) is 0. The van der Waals surface area contributed by atoms with Gasteiger partial charge >= 0.3 is 0 Å². The molecule has 66 valence electrons. The minimum atomic E-state index is 0.153. The highest BCUT2D eigenvalue weighted by Gasteiger charge is 2.06. The van der Waals surface area contributed by atoms with Crippen LogP contribution in [0.1, 0.15) is 22.2 Å². The number of fused-ring (bicyclic) bond motifs is 1. The summed E-state index contributed by atoms with van der Waals surface area (Å²) >= 11 is 1.57. The Morgan fingerprint density at radius 3 is 2.77 bits per heavy atom. The molecule has 0 saturated carbocycles. The highest BCUT2D eigenvalue weighted by Crippen LogP contribution is 2.27. The zero-order valence-electron chi connectivity index (χ0n) is 7.63. The standard InChI is InChI=1S/C11H10OS/c1-7-4-3-5-10-9(7)6-11(13-10)8(2)12/h3-6H,1-2H3. The number of thiophene rings is 1. The Labute approximate surface area is 81.0 Å². The smallest absolute Gasteiger partial charge is 0.169 e. The fraction of sp³-hybridized carbons (Fsp3) is 0.182. The lowest BCUT2D eigenvalue weighted by atomic mass is 10.1. The van der Waals surface area contributed by atoms with Crippen molar-refractivity contribution in [2.24, 2.45) is 0 Å². The zero-order chi connectivity index (χ0) is 9.42. The molecule has 0 bridgehead atoms. The van der Waals surface area contributed by atoms with Crippen LogP contribution in [0.2, 0.25) is 0 Å². The molecule has 1 heterocycles. The number of carbonyl (C=O) groups is 1. The second kappa shape index (κ2) is 2.96. The topological polar surface area (TPSA) is 17.1 Å². The van der Waals surface area contributed by atoms with Gasteiger partial charge in [0, 0.05) is 4.70 Å². The lowest BCUT2D eigenvalue weighted by Gasteiger charge is -1.91. The van der Waals surface area contributed by atoms with Gasteiger partial charge in [0.1, 0.15) is 0 Å². The summed E-state index contributed by atoms with van der Waals surface area (Å²) in [5.74, 6) is 0.153. The van der Waals surface area contributed by atoms with Crippen molar-refractivity contribution in [1.29, 1.82) is 0 Å². The lowest BCUT2D eigenvalue weighted by Crippen LogP contribution is -1.83. The van der Waals surface area contributed by atoms with Gasteiger partial charge in [0.2, 0.25) is 0 Å². The summed E-state index contributed by atoms with van der Waals surface area (Å²) < 4.78 is 1.20. The molecule has 1 nitrogen and oxygen atoms in total. The first-order valence-corrected chi connectivity index (χ1v) is 5.00. The highest BCUT2D eigenvalue weighted by atomic mass is 32.1. The molecule has 0 unspecified atom stereocenters. The van der Waals surface area contributed by atoms with Crippen molar-refractivity contribution in [3.63, 3.8) is 0 Å². The minimum Gasteiger partial charge on any atom is -0.294 e. The van der Waals surface area contributed by atoms with Gasteiger partial charge in [-0.3, -0.25) is 4.79 Å². The van der Waals surface area contributed by atoms with Gasteiger partial charge in [0.25, 0.3) is 0 Å². The number of hydrogen-bond acceptors (Lipinski definition) is 2. The molecule has 0 aliphatic heterocycles. The third-order valence-corrected chi connectivity index (χ3v) is 3.33. The van der Waals surface area contributed by atoms with Crippen LogP contribution < -0.4 is 0 Å². The molecule has 2 heteroatoms. The quantitative estimate of drug-likeness (QED) is 0.630. The normalized spacial score (nSPS) is 10.6. The van der Waals surface area contributed by atoms with Gasteiger partial charge in [-0.05, 0) is 36.9 Å². The van der Waals surface area contributed by atoms with Crippen LogP contribution in [-0.4, -0.2) is 5.78 Å². The highest BCUT2D eigenvalue weighted by molar-refractivity contribution is 7.20. The van der Waals surface area contributed by atoms with Crippen LogP contribution in [0.3, 0.4) is 0 Å². The van der Waals surface area contributed by atoms with Crippen molar-refractivity contribution < 1.29 is 4.79 Å². The van der Waals surface area contributed by atoms with E-state index in [9.17, 15) is 4.79 Å². The average Bonchev–Trinajstić information content (AvgIpc) is 2.49. The lowest BCUT2D eigenvalue weighted by molar-refractivity contribution is 0.102. The maximum absolute atomic E-state index is 11.1. The Balaban J connectivity index is 2.75. The molecule has 1 aromatic heterocycles. The van der Waals surface area contributed by atoms with Crippen LogP contribution in [0.15, 0.2) is 24.3 Å². The van der Waals surface area contributed by atoms with Gasteiger partial charge in [-0.25, -0.2) is 0 Å². The summed E-state index contributed by atoms with van der Waals surface area (Å²) in [5, 5.41) is 1.21. The molecule has 0 N–H and O–H groups in total. The third kappa shape index (κ3) is 1.38. The van der Waals surface area contributed by atoms with Gasteiger partial charge in [-0.2, -0.15) is 0 Å². The molecule has 0 atom stereocenters. The number of carbonyl (C=O) groups excluding carboxylic acids is 1. The molecule has 0 saturated heterocycles. The Kier molecular flexibility index (Phi) is 1.93. The van der Waals surface area contributed by atoms with E-state index >= 15 is 0 Å². The molecule has 0 aliphatic carbocycles. The fourth-order valence-electron chi connectivity index (χ4n) is 1.38. The molecule has 2 rings (SSSR count). The Bertz CT molecular complexity index is 468. The van der Waals surface area contributed by atoms with Crippen molar-refractivity contribution in [2.45, 2.75) is 13.8 Å². The molecule has 0 fully saturated rings. The molecule has 0 spiro atoms. The monoisotopic (exact) mass is 190 g/mol. The van der Waals surface area contributed by atoms with Crippen LogP contribution in [0.25, 0.3) is 10.1 Å². The second-order valence-electron chi connectivity index (χ2n) is 3.15. The van der Waals surface area contributed by atoms with Gasteiger partial charge in [0.05, 0.1) is 4.88 Å². The van der Waals surface area contributed by atoms with Crippen LogP contribution >= 0.6 is 11.3 Å². The second-order valence-corrected chi connectivity index (χ2v) is 4.24. The van der Waals surface area contributed by atoms with E-state index in [1.807, 2.05) is 12.1 Å². The first-order valence-electron chi connectivity index (χ1n) is 4.18. The molecule has 2 aromatic rings. The van der Waals surface area contributed by atoms with Crippen molar-refractivity contribution in [3.8, 4) is 0 Å². The number of hydrogen-bond donors (Lipinski definition) is 0. The predicted octanol–water partition coefficient (Wildman–Crippen LogP) is 3.41. The fourth-order valence-corrected chi connectivity index (χ4v) is 2.41. The Morgan fingerprint density at radius 1 is 1.38 bits per heavy atom. The molecule has 0 aliphatic rings. The largest absolute Gasteiger partial charge is 0.294 e. The minimum absolute atomic E-state index is 0.153. The molecule has 0 radical (unpaired) electrons. The number of Topliss-reactive ketones (excluding diaryl/α,β-unsaturated/α-hetero) is 1. The Hall–Kier alpha value is -1.15. The predicted molar refractivity (Wildman–Crippen MR) is 56.6 cm³/mol. The molecule has 0 amide bonds. The number of benzene rings is 1. The van der Waals surface area contributed by atoms with Gasteiger partial charge in [-0.1, -0.05) is 12.1 Å².